The fourth-order valence-electron chi connectivity index (χ4n) is 1.06. The molecule has 0 aliphatic heterocycles. The van der Waals surface area contributed by atoms with Gasteiger partial charge in [0.2, 0.25) is 0 Å². The van der Waals surface area contributed by atoms with E-state index >= 15 is 0 Å². The van der Waals surface area contributed by atoms with Gasteiger partial charge < -0.3 is 9.84 Å². The van der Waals surface area contributed by atoms with Crippen LogP contribution in [-0.4, -0.2) is 24.9 Å². The van der Waals surface area contributed by atoms with Gasteiger partial charge in [0.15, 0.2) is 0 Å². The van der Waals surface area contributed by atoms with Crippen molar-refractivity contribution in [2.24, 2.45) is 0 Å². The summed E-state index contributed by atoms with van der Waals surface area (Å²) in [5, 5.41) is 7.00. The number of aliphatic hydroxyl groups is 1. The number of ether oxygens (including phenoxy) is 1. The highest BCUT2D eigenvalue weighted by molar-refractivity contribution is 5.14. The second-order valence-electron chi connectivity index (χ2n) is 3.16. The van der Waals surface area contributed by atoms with E-state index < -0.39 is 0 Å². The Morgan fingerprint density at radius 2 is 1.71 bits per heavy atom. The summed E-state index contributed by atoms with van der Waals surface area (Å²) in [6.45, 7) is 4.94. The normalized spacial score (nSPS) is 9.50. The molecule has 0 aromatic heterocycles. The summed E-state index contributed by atoms with van der Waals surface area (Å²) in [6, 6.07) is 10.4. The van der Waals surface area contributed by atoms with Crippen molar-refractivity contribution in [1.29, 1.82) is 0 Å². The molecule has 0 saturated heterocycles. The maximum Gasteiger partial charge on any atom is 0.0519 e. The zero-order chi connectivity index (χ0) is 10.8. The van der Waals surface area contributed by atoms with Crippen LogP contribution in [0.1, 0.15) is 19.4 Å². The summed E-state index contributed by atoms with van der Waals surface area (Å²) in [7, 11) is 1.00. The molecule has 2 heteroatoms. The Morgan fingerprint density at radius 3 is 2.21 bits per heavy atom. The first kappa shape index (κ1) is 13.1. The fraction of sp³-hybridized carbons (Fsp3) is 0.500. The molecule has 2 nitrogen and oxygen atoms in total. The summed E-state index contributed by atoms with van der Waals surface area (Å²) in [4.78, 5) is 0. The van der Waals surface area contributed by atoms with Crippen molar-refractivity contribution in [3.63, 3.8) is 0 Å². The van der Waals surface area contributed by atoms with Crippen LogP contribution in [0.3, 0.4) is 0 Å². The molecule has 0 aliphatic carbocycles. The lowest BCUT2D eigenvalue weighted by Crippen LogP contribution is -2.05. The summed E-state index contributed by atoms with van der Waals surface area (Å²) >= 11 is 0. The quantitative estimate of drug-likeness (QED) is 0.800. The third-order valence-electron chi connectivity index (χ3n) is 1.68. The molecule has 0 spiro atoms. The van der Waals surface area contributed by atoms with Crippen LogP contribution in [0.4, 0.5) is 0 Å². The van der Waals surface area contributed by atoms with Crippen molar-refractivity contribution in [1.82, 2.24) is 0 Å². The van der Waals surface area contributed by atoms with Crippen molar-refractivity contribution < 1.29 is 9.84 Å². The zero-order valence-corrected chi connectivity index (χ0v) is 9.23. The molecular formula is C12H20O2. The molecule has 0 aliphatic rings. The zero-order valence-electron chi connectivity index (χ0n) is 9.23. The number of rotatable bonds is 4. The molecule has 1 N–H and O–H groups in total. The smallest absolute Gasteiger partial charge is 0.0519 e. The molecule has 1 rings (SSSR count). The van der Waals surface area contributed by atoms with E-state index in [0.29, 0.717) is 6.10 Å². The molecule has 0 radical (unpaired) electrons. The van der Waals surface area contributed by atoms with Crippen LogP contribution in [0.25, 0.3) is 0 Å². The molecule has 0 saturated carbocycles. The van der Waals surface area contributed by atoms with Gasteiger partial charge in [0.25, 0.3) is 0 Å². The van der Waals surface area contributed by atoms with Crippen LogP contribution in [0.2, 0.25) is 0 Å². The minimum absolute atomic E-state index is 0.341. The Hall–Kier alpha value is -0.860. The first-order valence-corrected chi connectivity index (χ1v) is 4.89. The molecule has 0 atom stereocenters. The van der Waals surface area contributed by atoms with Gasteiger partial charge in [-0.1, -0.05) is 30.3 Å². The standard InChI is InChI=1S/C11H16O.CH4O/c1-10(2)12-9-8-11-6-4-3-5-7-11;1-2/h3-7,10H,8-9H2,1-2H3;2H,1H3. The van der Waals surface area contributed by atoms with E-state index in [1.54, 1.807) is 0 Å². The molecule has 0 fully saturated rings. The maximum absolute atomic E-state index is 7.00. The van der Waals surface area contributed by atoms with E-state index in [1.807, 2.05) is 6.07 Å². The average molecular weight is 196 g/mol. The summed E-state index contributed by atoms with van der Waals surface area (Å²) in [5.41, 5.74) is 1.35. The highest BCUT2D eigenvalue weighted by atomic mass is 16.5. The third-order valence-corrected chi connectivity index (χ3v) is 1.68. The van der Waals surface area contributed by atoms with Crippen LogP contribution in [0, 0.1) is 0 Å². The Kier molecular flexibility index (Phi) is 8.19. The molecule has 1 aromatic carbocycles. The average Bonchev–Trinajstić information content (AvgIpc) is 2.22. The molecule has 0 unspecified atom stereocenters. The van der Waals surface area contributed by atoms with E-state index in [0.717, 1.165) is 20.1 Å². The Balaban J connectivity index is 0.000000791. The molecule has 1 aromatic rings. The number of benzene rings is 1. The van der Waals surface area contributed by atoms with Crippen LogP contribution in [-0.2, 0) is 11.2 Å². The lowest BCUT2D eigenvalue weighted by Gasteiger charge is -2.06. The summed E-state index contributed by atoms with van der Waals surface area (Å²) in [5.74, 6) is 0. The lowest BCUT2D eigenvalue weighted by atomic mass is 10.2. The van der Waals surface area contributed by atoms with Crippen LogP contribution >= 0.6 is 0 Å². The van der Waals surface area contributed by atoms with Gasteiger partial charge in [-0.25, -0.2) is 0 Å². The summed E-state index contributed by atoms with van der Waals surface area (Å²) in [6.07, 6.45) is 1.35. The molecule has 0 heterocycles. The predicted molar refractivity (Wildman–Crippen MR) is 59.4 cm³/mol. The monoisotopic (exact) mass is 196 g/mol. The van der Waals surface area contributed by atoms with Gasteiger partial charge in [-0.15, -0.1) is 0 Å². The van der Waals surface area contributed by atoms with Crippen LogP contribution < -0.4 is 0 Å². The largest absolute Gasteiger partial charge is 0.400 e. The van der Waals surface area contributed by atoms with Gasteiger partial charge in [-0.05, 0) is 25.8 Å². The highest BCUT2D eigenvalue weighted by Crippen LogP contribution is 2.00. The minimum atomic E-state index is 0.341. The second-order valence-corrected chi connectivity index (χ2v) is 3.16. The van der Waals surface area contributed by atoms with Crippen molar-refractivity contribution >= 4 is 0 Å². The maximum atomic E-state index is 7.00. The van der Waals surface area contributed by atoms with Crippen LogP contribution in [0.5, 0.6) is 0 Å². The second kappa shape index (κ2) is 8.73. The van der Waals surface area contributed by atoms with Crippen molar-refractivity contribution in [3.05, 3.63) is 35.9 Å². The predicted octanol–water partition coefficient (Wildman–Crippen LogP) is 2.26. The first-order chi connectivity index (χ1) is 6.79. The van der Waals surface area contributed by atoms with E-state index in [1.165, 1.54) is 5.56 Å². The minimum Gasteiger partial charge on any atom is -0.400 e. The number of hydrogen-bond acceptors (Lipinski definition) is 2. The molecule has 80 valence electrons. The van der Waals surface area contributed by atoms with Gasteiger partial charge in [-0.3, -0.25) is 0 Å². The summed E-state index contributed by atoms with van der Waals surface area (Å²) < 4.78 is 5.45. The Labute approximate surface area is 86.5 Å². The molecule has 14 heavy (non-hydrogen) atoms. The Bertz CT molecular complexity index is 207. The van der Waals surface area contributed by atoms with E-state index in [2.05, 4.69) is 38.1 Å². The van der Waals surface area contributed by atoms with Crippen molar-refractivity contribution in [3.8, 4) is 0 Å². The Morgan fingerprint density at radius 1 is 1.14 bits per heavy atom. The van der Waals surface area contributed by atoms with Gasteiger partial charge >= 0.3 is 0 Å². The fourth-order valence-corrected chi connectivity index (χ4v) is 1.06. The first-order valence-electron chi connectivity index (χ1n) is 4.89. The van der Waals surface area contributed by atoms with E-state index in [-0.39, 0.29) is 0 Å². The third kappa shape index (κ3) is 6.63. The van der Waals surface area contributed by atoms with Gasteiger partial charge in [-0.2, -0.15) is 0 Å². The lowest BCUT2D eigenvalue weighted by molar-refractivity contribution is 0.0813. The van der Waals surface area contributed by atoms with Crippen molar-refractivity contribution in [2.75, 3.05) is 13.7 Å². The number of hydrogen-bond donors (Lipinski definition) is 1. The number of aliphatic hydroxyl groups excluding tert-OH is 1. The van der Waals surface area contributed by atoms with Crippen LogP contribution in [0.15, 0.2) is 30.3 Å². The van der Waals surface area contributed by atoms with Crippen molar-refractivity contribution in [2.45, 2.75) is 26.4 Å². The van der Waals surface area contributed by atoms with Gasteiger partial charge in [0.1, 0.15) is 0 Å². The van der Waals surface area contributed by atoms with E-state index in [9.17, 15) is 0 Å². The van der Waals surface area contributed by atoms with E-state index in [4.69, 9.17) is 9.84 Å². The molecule has 0 amide bonds. The molecular weight excluding hydrogens is 176 g/mol. The van der Waals surface area contributed by atoms with Gasteiger partial charge in [0, 0.05) is 7.11 Å². The molecule has 0 bridgehead atoms. The van der Waals surface area contributed by atoms with Gasteiger partial charge in [0.05, 0.1) is 12.7 Å². The SMILES string of the molecule is CC(C)OCCc1ccccc1.CO. The highest BCUT2D eigenvalue weighted by Gasteiger charge is 1.93. The topological polar surface area (TPSA) is 29.5 Å².